The first-order valence-electron chi connectivity index (χ1n) is 10.1. The molecule has 2 aromatic heterocycles. The van der Waals surface area contributed by atoms with Gasteiger partial charge in [-0.15, -0.1) is 11.3 Å². The van der Waals surface area contributed by atoms with Crippen LogP contribution in [0.1, 0.15) is 23.8 Å². The number of hydrogen-bond acceptors (Lipinski definition) is 6. The summed E-state index contributed by atoms with van der Waals surface area (Å²) >= 11 is 1.77. The van der Waals surface area contributed by atoms with Gasteiger partial charge in [0.05, 0.1) is 6.54 Å². The number of hydrogen-bond donors (Lipinski definition) is 2. The van der Waals surface area contributed by atoms with E-state index in [0.29, 0.717) is 0 Å². The number of rotatable bonds is 8. The monoisotopic (exact) mass is 401 g/mol. The van der Waals surface area contributed by atoms with Crippen molar-refractivity contribution < 1.29 is 0 Å². The zero-order chi connectivity index (χ0) is 19.6. The smallest absolute Gasteiger partial charge is 0.225 e. The minimum Gasteiger partial charge on any atom is -0.357 e. The van der Waals surface area contributed by atoms with Crippen molar-refractivity contribution in [2.75, 3.05) is 50.7 Å². The highest BCUT2D eigenvalue weighted by atomic mass is 32.1. The van der Waals surface area contributed by atoms with Gasteiger partial charge in [0.25, 0.3) is 0 Å². The number of piperazine rings is 1. The van der Waals surface area contributed by atoms with E-state index in [-0.39, 0.29) is 0 Å². The van der Waals surface area contributed by atoms with Gasteiger partial charge in [0, 0.05) is 56.5 Å². The molecule has 3 heterocycles. The SMILES string of the molecule is CCNC(=NCc1sccc1C)NCCCN1CCN(c2ncccn2)CC1. The summed E-state index contributed by atoms with van der Waals surface area (Å²) in [6.07, 6.45) is 4.72. The fourth-order valence-corrected chi connectivity index (χ4v) is 4.02. The Bertz CT molecular complexity index is 723. The normalized spacial score (nSPS) is 15.6. The van der Waals surface area contributed by atoms with Crippen LogP contribution in [0.5, 0.6) is 0 Å². The molecule has 152 valence electrons. The van der Waals surface area contributed by atoms with Crippen LogP contribution in [0, 0.1) is 6.92 Å². The van der Waals surface area contributed by atoms with Gasteiger partial charge in [-0.25, -0.2) is 15.0 Å². The summed E-state index contributed by atoms with van der Waals surface area (Å²) in [6.45, 7) is 12.0. The van der Waals surface area contributed by atoms with Gasteiger partial charge in [0.1, 0.15) is 0 Å². The summed E-state index contributed by atoms with van der Waals surface area (Å²) < 4.78 is 0. The van der Waals surface area contributed by atoms with Crippen LogP contribution >= 0.6 is 11.3 Å². The summed E-state index contributed by atoms with van der Waals surface area (Å²) in [5, 5.41) is 8.93. The lowest BCUT2D eigenvalue weighted by atomic mass is 10.3. The second-order valence-electron chi connectivity index (χ2n) is 6.88. The van der Waals surface area contributed by atoms with Gasteiger partial charge in [0.15, 0.2) is 5.96 Å². The largest absolute Gasteiger partial charge is 0.357 e. The van der Waals surface area contributed by atoms with E-state index < -0.39 is 0 Å². The third-order valence-corrected chi connectivity index (χ3v) is 5.85. The molecule has 0 saturated carbocycles. The zero-order valence-electron chi connectivity index (χ0n) is 16.9. The van der Waals surface area contributed by atoms with Crippen molar-refractivity contribution in [1.29, 1.82) is 0 Å². The van der Waals surface area contributed by atoms with E-state index in [9.17, 15) is 0 Å². The van der Waals surface area contributed by atoms with Crippen LogP contribution < -0.4 is 15.5 Å². The van der Waals surface area contributed by atoms with Crippen molar-refractivity contribution in [1.82, 2.24) is 25.5 Å². The number of aryl methyl sites for hydroxylation is 1. The maximum Gasteiger partial charge on any atom is 0.225 e. The Balaban J connectivity index is 1.35. The first kappa shape index (κ1) is 20.5. The molecular weight excluding hydrogens is 370 g/mol. The Morgan fingerprint density at radius 1 is 1.18 bits per heavy atom. The van der Waals surface area contributed by atoms with Gasteiger partial charge in [0.2, 0.25) is 5.95 Å². The highest BCUT2D eigenvalue weighted by Gasteiger charge is 2.18. The van der Waals surface area contributed by atoms with E-state index in [1.54, 1.807) is 11.3 Å². The van der Waals surface area contributed by atoms with E-state index in [4.69, 9.17) is 4.99 Å². The Hall–Kier alpha value is -2.19. The number of anilines is 1. The molecule has 2 N–H and O–H groups in total. The van der Waals surface area contributed by atoms with Gasteiger partial charge in [-0.1, -0.05) is 0 Å². The van der Waals surface area contributed by atoms with Crippen molar-refractivity contribution in [2.45, 2.75) is 26.8 Å². The average molecular weight is 402 g/mol. The fraction of sp³-hybridized carbons (Fsp3) is 0.550. The molecule has 0 aromatic carbocycles. The van der Waals surface area contributed by atoms with Crippen LogP contribution in [0.3, 0.4) is 0 Å². The van der Waals surface area contributed by atoms with E-state index >= 15 is 0 Å². The van der Waals surface area contributed by atoms with Crippen molar-refractivity contribution in [3.05, 3.63) is 40.3 Å². The molecule has 7 nitrogen and oxygen atoms in total. The van der Waals surface area contributed by atoms with Gasteiger partial charge < -0.3 is 15.5 Å². The molecule has 1 saturated heterocycles. The third-order valence-electron chi connectivity index (χ3n) is 4.84. The Morgan fingerprint density at radius 3 is 2.64 bits per heavy atom. The van der Waals surface area contributed by atoms with Crippen LogP contribution in [0.25, 0.3) is 0 Å². The average Bonchev–Trinajstić information content (AvgIpc) is 3.15. The molecule has 0 spiro atoms. The summed E-state index contributed by atoms with van der Waals surface area (Å²) in [6, 6.07) is 4.01. The second kappa shape index (κ2) is 11.0. The molecular formula is C20H31N7S. The molecule has 0 aliphatic carbocycles. The van der Waals surface area contributed by atoms with Crippen molar-refractivity contribution in [3.8, 4) is 0 Å². The van der Waals surface area contributed by atoms with Crippen LogP contribution in [0.2, 0.25) is 0 Å². The topological polar surface area (TPSA) is 68.7 Å². The minimum absolute atomic E-state index is 0.738. The number of nitrogens with zero attached hydrogens (tertiary/aromatic N) is 5. The van der Waals surface area contributed by atoms with E-state index in [1.165, 1.54) is 10.4 Å². The first-order chi connectivity index (χ1) is 13.8. The highest BCUT2D eigenvalue weighted by molar-refractivity contribution is 7.10. The molecule has 28 heavy (non-hydrogen) atoms. The summed E-state index contributed by atoms with van der Waals surface area (Å²) in [5.41, 5.74) is 1.32. The lowest BCUT2D eigenvalue weighted by Crippen LogP contribution is -2.47. The highest BCUT2D eigenvalue weighted by Crippen LogP contribution is 2.16. The van der Waals surface area contributed by atoms with Crippen LogP contribution in [-0.2, 0) is 6.54 Å². The van der Waals surface area contributed by atoms with Crippen LogP contribution in [0.4, 0.5) is 5.95 Å². The van der Waals surface area contributed by atoms with E-state index in [1.807, 2.05) is 18.5 Å². The molecule has 1 fully saturated rings. The van der Waals surface area contributed by atoms with E-state index in [0.717, 1.165) is 70.7 Å². The summed E-state index contributed by atoms with van der Waals surface area (Å²) in [4.78, 5) is 19.5. The van der Waals surface area contributed by atoms with Crippen molar-refractivity contribution >= 4 is 23.2 Å². The van der Waals surface area contributed by atoms with E-state index in [2.05, 4.69) is 55.7 Å². The quantitative estimate of drug-likeness (QED) is 0.401. The van der Waals surface area contributed by atoms with Gasteiger partial charge >= 0.3 is 0 Å². The molecule has 0 bridgehead atoms. The van der Waals surface area contributed by atoms with Gasteiger partial charge in [-0.05, 0) is 49.9 Å². The molecule has 0 amide bonds. The number of aliphatic imine (C=N–C) groups is 1. The van der Waals surface area contributed by atoms with Crippen LogP contribution in [0.15, 0.2) is 34.9 Å². The molecule has 0 unspecified atom stereocenters. The maximum absolute atomic E-state index is 4.72. The molecule has 1 aliphatic rings. The Labute approximate surface area is 171 Å². The standard InChI is InChI=1S/C20H31N7S/c1-3-21-19(25-16-18-17(2)6-15-28-18)22-9-5-10-26-11-13-27(14-12-26)20-23-7-4-8-24-20/h4,6-8,15H,3,5,9-14,16H2,1-2H3,(H2,21,22,25). The maximum atomic E-state index is 4.72. The lowest BCUT2D eigenvalue weighted by molar-refractivity contribution is 0.254. The molecule has 2 aromatic rings. The predicted octanol–water partition coefficient (Wildman–Crippen LogP) is 2.11. The van der Waals surface area contributed by atoms with Gasteiger partial charge in [-0.3, -0.25) is 4.90 Å². The molecule has 3 rings (SSSR count). The van der Waals surface area contributed by atoms with Crippen molar-refractivity contribution in [2.24, 2.45) is 4.99 Å². The number of thiophene rings is 1. The first-order valence-corrected chi connectivity index (χ1v) is 10.9. The lowest BCUT2D eigenvalue weighted by Gasteiger charge is -2.34. The minimum atomic E-state index is 0.738. The second-order valence-corrected chi connectivity index (χ2v) is 7.88. The predicted molar refractivity (Wildman–Crippen MR) is 117 cm³/mol. The molecule has 0 radical (unpaired) electrons. The molecule has 8 heteroatoms. The zero-order valence-corrected chi connectivity index (χ0v) is 17.7. The number of aromatic nitrogens is 2. The summed E-state index contributed by atoms with van der Waals surface area (Å²) in [7, 11) is 0. The third kappa shape index (κ3) is 6.17. The number of nitrogens with one attached hydrogen (secondary N) is 2. The Morgan fingerprint density at radius 2 is 1.96 bits per heavy atom. The van der Waals surface area contributed by atoms with Gasteiger partial charge in [-0.2, -0.15) is 0 Å². The fourth-order valence-electron chi connectivity index (χ4n) is 3.19. The number of guanidine groups is 1. The molecule has 0 atom stereocenters. The van der Waals surface area contributed by atoms with Crippen LogP contribution in [-0.4, -0.2) is 66.6 Å². The summed E-state index contributed by atoms with van der Waals surface area (Å²) in [5.74, 6) is 1.75. The molecule has 1 aliphatic heterocycles. The Kier molecular flexibility index (Phi) is 8.05. The van der Waals surface area contributed by atoms with Crippen molar-refractivity contribution in [3.63, 3.8) is 0 Å².